The van der Waals surface area contributed by atoms with Gasteiger partial charge in [0.25, 0.3) is 0 Å². The number of esters is 2. The fourth-order valence-corrected chi connectivity index (χ4v) is 12.2. The molecule has 0 saturated carbocycles. The standard InChI is InChI=1S/C70H140NO8P/c1-3-5-7-9-11-13-15-17-19-21-23-25-26-27-28-29-30-31-32-33-34-35-36-37-38-39-40-41-43-45-47-49-51-53-55-57-59-61-63-70(73)79-68(67-78-80(74,75)77-65-64-71)66-76-69(72)62-60-58-56-54-52-50-48-46-44-42-24-22-20-18-16-14-12-10-8-6-4-2/h68H,3-67,71H2,1-2H3,(H,74,75). The maximum absolute atomic E-state index is 12.8. The predicted octanol–water partition coefficient (Wildman–Crippen LogP) is 23.4. The molecule has 0 rings (SSSR count). The molecule has 478 valence electrons. The molecule has 2 unspecified atom stereocenters. The van der Waals surface area contributed by atoms with E-state index in [1.165, 1.54) is 340 Å². The van der Waals surface area contributed by atoms with Crippen molar-refractivity contribution in [2.75, 3.05) is 26.4 Å². The van der Waals surface area contributed by atoms with Gasteiger partial charge in [-0.3, -0.25) is 18.6 Å². The number of hydrogen-bond acceptors (Lipinski definition) is 8. The summed E-state index contributed by atoms with van der Waals surface area (Å²) in [6, 6.07) is 0. The van der Waals surface area contributed by atoms with E-state index in [4.69, 9.17) is 24.3 Å². The number of nitrogens with two attached hydrogens (primary N) is 1. The van der Waals surface area contributed by atoms with Crippen LogP contribution in [0.5, 0.6) is 0 Å². The summed E-state index contributed by atoms with van der Waals surface area (Å²) in [5, 5.41) is 0. The molecule has 3 N–H and O–H groups in total. The summed E-state index contributed by atoms with van der Waals surface area (Å²) in [4.78, 5) is 35.3. The van der Waals surface area contributed by atoms with Gasteiger partial charge in [-0.25, -0.2) is 4.57 Å². The summed E-state index contributed by atoms with van der Waals surface area (Å²) >= 11 is 0. The van der Waals surface area contributed by atoms with Crippen LogP contribution in [0.25, 0.3) is 0 Å². The van der Waals surface area contributed by atoms with Crippen molar-refractivity contribution < 1.29 is 37.6 Å². The molecule has 0 aliphatic carbocycles. The second-order valence-electron chi connectivity index (χ2n) is 24.8. The molecule has 0 amide bonds. The third-order valence-electron chi connectivity index (χ3n) is 16.7. The number of carbonyl (C=O) groups is 2. The summed E-state index contributed by atoms with van der Waals surface area (Å²) in [5.41, 5.74) is 5.40. The molecule has 0 radical (unpaired) electrons. The zero-order valence-electron chi connectivity index (χ0n) is 53.9. The van der Waals surface area contributed by atoms with Crippen molar-refractivity contribution in [2.24, 2.45) is 5.73 Å². The number of phosphoric ester groups is 1. The minimum atomic E-state index is -4.38. The predicted molar refractivity (Wildman–Crippen MR) is 345 cm³/mol. The topological polar surface area (TPSA) is 134 Å². The van der Waals surface area contributed by atoms with Crippen molar-refractivity contribution in [2.45, 2.75) is 412 Å². The van der Waals surface area contributed by atoms with E-state index in [0.717, 1.165) is 32.1 Å². The van der Waals surface area contributed by atoms with E-state index in [-0.39, 0.29) is 32.1 Å². The highest BCUT2D eigenvalue weighted by Crippen LogP contribution is 2.43. The number of carbonyl (C=O) groups excluding carboxylic acids is 2. The molecule has 0 fully saturated rings. The lowest BCUT2D eigenvalue weighted by atomic mass is 10.0. The number of ether oxygens (including phenoxy) is 2. The molecular weight excluding hydrogens is 1010 g/mol. The Morgan fingerprint density at radius 1 is 0.325 bits per heavy atom. The first-order valence-corrected chi connectivity index (χ1v) is 37.5. The van der Waals surface area contributed by atoms with Crippen molar-refractivity contribution in [1.29, 1.82) is 0 Å². The van der Waals surface area contributed by atoms with Crippen LogP contribution in [0.3, 0.4) is 0 Å². The van der Waals surface area contributed by atoms with Crippen LogP contribution in [0.15, 0.2) is 0 Å². The van der Waals surface area contributed by atoms with Crippen molar-refractivity contribution in [3.63, 3.8) is 0 Å². The van der Waals surface area contributed by atoms with Crippen LogP contribution in [-0.2, 0) is 32.7 Å². The molecule has 0 aliphatic heterocycles. The highest BCUT2D eigenvalue weighted by atomic mass is 31.2. The molecule has 80 heavy (non-hydrogen) atoms. The van der Waals surface area contributed by atoms with Crippen molar-refractivity contribution in [3.05, 3.63) is 0 Å². The maximum atomic E-state index is 12.8. The molecule has 0 aromatic rings. The summed E-state index contributed by atoms with van der Waals surface area (Å²) in [6.07, 6.45) is 79.4. The zero-order chi connectivity index (χ0) is 58.0. The summed E-state index contributed by atoms with van der Waals surface area (Å²) in [5.74, 6) is -0.798. The second kappa shape index (κ2) is 67.1. The van der Waals surface area contributed by atoms with Gasteiger partial charge in [-0.15, -0.1) is 0 Å². The van der Waals surface area contributed by atoms with E-state index in [9.17, 15) is 19.0 Å². The first kappa shape index (κ1) is 79.0. The summed E-state index contributed by atoms with van der Waals surface area (Å²) in [6.45, 7) is 3.84. The van der Waals surface area contributed by atoms with Gasteiger partial charge < -0.3 is 20.1 Å². The van der Waals surface area contributed by atoms with Gasteiger partial charge in [0.2, 0.25) is 0 Å². The average molecular weight is 1150 g/mol. The van der Waals surface area contributed by atoms with Gasteiger partial charge in [-0.2, -0.15) is 0 Å². The lowest BCUT2D eigenvalue weighted by Crippen LogP contribution is -2.29. The minimum Gasteiger partial charge on any atom is -0.462 e. The van der Waals surface area contributed by atoms with Crippen LogP contribution in [0.1, 0.15) is 406 Å². The number of phosphoric acid groups is 1. The minimum absolute atomic E-state index is 0.0588. The fourth-order valence-electron chi connectivity index (χ4n) is 11.4. The van der Waals surface area contributed by atoms with E-state index in [0.29, 0.717) is 12.8 Å². The number of hydrogen-bond donors (Lipinski definition) is 2. The molecule has 0 saturated heterocycles. The maximum Gasteiger partial charge on any atom is 0.472 e. The van der Waals surface area contributed by atoms with Gasteiger partial charge >= 0.3 is 19.8 Å². The Labute approximate surface area is 498 Å². The Morgan fingerprint density at radius 3 is 0.762 bits per heavy atom. The Balaban J connectivity index is 3.73. The third-order valence-corrected chi connectivity index (χ3v) is 17.7. The molecule has 0 spiro atoms. The lowest BCUT2D eigenvalue weighted by Gasteiger charge is -2.19. The molecule has 0 bridgehead atoms. The first-order chi connectivity index (χ1) is 39.3. The Morgan fingerprint density at radius 2 is 0.537 bits per heavy atom. The van der Waals surface area contributed by atoms with E-state index < -0.39 is 26.5 Å². The Hall–Kier alpha value is -0.990. The third kappa shape index (κ3) is 66.2. The molecule has 0 aliphatic rings. The largest absolute Gasteiger partial charge is 0.472 e. The van der Waals surface area contributed by atoms with Crippen LogP contribution in [-0.4, -0.2) is 49.3 Å². The van der Waals surface area contributed by atoms with Gasteiger partial charge in [-0.05, 0) is 12.8 Å². The van der Waals surface area contributed by atoms with Crippen molar-refractivity contribution in [1.82, 2.24) is 0 Å². The molecular formula is C70H140NO8P. The van der Waals surface area contributed by atoms with E-state index >= 15 is 0 Å². The van der Waals surface area contributed by atoms with Crippen LogP contribution >= 0.6 is 7.82 Å². The van der Waals surface area contributed by atoms with Crippen LogP contribution in [0.4, 0.5) is 0 Å². The highest BCUT2D eigenvalue weighted by Gasteiger charge is 2.26. The van der Waals surface area contributed by atoms with E-state index in [2.05, 4.69) is 13.8 Å². The SMILES string of the molecule is CCCCCCCCCCCCCCCCCCCCCCCCCCCCCCCCCCCCCCCCC(=O)OC(COC(=O)CCCCCCCCCCCCCCCCCCCCCCC)COP(=O)(O)OCCN. The van der Waals surface area contributed by atoms with Crippen LogP contribution < -0.4 is 5.73 Å². The Bertz CT molecular complexity index is 1270. The first-order valence-electron chi connectivity index (χ1n) is 36.0. The molecule has 2 atom stereocenters. The number of unbranched alkanes of at least 4 members (excludes halogenated alkanes) is 57. The van der Waals surface area contributed by atoms with Gasteiger partial charge in [0.1, 0.15) is 6.61 Å². The quantitative estimate of drug-likeness (QED) is 0.0347. The van der Waals surface area contributed by atoms with Gasteiger partial charge in [-0.1, -0.05) is 380 Å². The smallest absolute Gasteiger partial charge is 0.462 e. The normalized spacial score (nSPS) is 12.8. The molecule has 0 aromatic heterocycles. The van der Waals surface area contributed by atoms with Gasteiger partial charge in [0.15, 0.2) is 6.10 Å². The van der Waals surface area contributed by atoms with Gasteiger partial charge in [0, 0.05) is 19.4 Å². The second-order valence-corrected chi connectivity index (χ2v) is 26.3. The van der Waals surface area contributed by atoms with E-state index in [1.807, 2.05) is 0 Å². The summed E-state index contributed by atoms with van der Waals surface area (Å²) in [7, 11) is -4.38. The van der Waals surface area contributed by atoms with Gasteiger partial charge in [0.05, 0.1) is 13.2 Å². The number of rotatable bonds is 70. The fraction of sp³-hybridized carbons (Fsp3) is 0.971. The van der Waals surface area contributed by atoms with Crippen molar-refractivity contribution in [3.8, 4) is 0 Å². The lowest BCUT2D eigenvalue weighted by molar-refractivity contribution is -0.161. The molecule has 0 aromatic carbocycles. The van der Waals surface area contributed by atoms with E-state index in [1.54, 1.807) is 0 Å². The van der Waals surface area contributed by atoms with Crippen LogP contribution in [0, 0.1) is 0 Å². The molecule has 10 heteroatoms. The van der Waals surface area contributed by atoms with Crippen LogP contribution in [0.2, 0.25) is 0 Å². The molecule has 0 heterocycles. The zero-order valence-corrected chi connectivity index (χ0v) is 54.8. The van der Waals surface area contributed by atoms with Crippen molar-refractivity contribution >= 4 is 19.8 Å². The Kier molecular flexibility index (Phi) is 66.3. The average Bonchev–Trinajstić information content (AvgIpc) is 3.45. The molecule has 9 nitrogen and oxygen atoms in total. The highest BCUT2D eigenvalue weighted by molar-refractivity contribution is 7.47. The monoisotopic (exact) mass is 1150 g/mol. The summed E-state index contributed by atoms with van der Waals surface area (Å²) < 4.78 is 33.2.